The predicted octanol–water partition coefficient (Wildman–Crippen LogP) is 3.79. The van der Waals surface area contributed by atoms with Crippen LogP contribution in [0.4, 0.5) is 18.9 Å². The normalized spacial score (nSPS) is 17.9. The summed E-state index contributed by atoms with van der Waals surface area (Å²) in [5.74, 6) is 0.169. The van der Waals surface area contributed by atoms with Crippen molar-refractivity contribution < 1.29 is 37.0 Å². The summed E-state index contributed by atoms with van der Waals surface area (Å²) in [6.07, 6.45) is -3.83. The first-order chi connectivity index (χ1) is 14.2. The van der Waals surface area contributed by atoms with E-state index < -0.39 is 23.7 Å². The van der Waals surface area contributed by atoms with Crippen LogP contribution in [-0.2, 0) is 15.8 Å². The van der Waals surface area contributed by atoms with Gasteiger partial charge in [-0.05, 0) is 24.6 Å². The van der Waals surface area contributed by atoms with Gasteiger partial charge in [0.05, 0.1) is 11.3 Å². The SMILES string of the molecule is CN1C(=O)CCC1C(=O)Nc1cc(Oc2cccc(C(F)(F)F)c2)cc2c1OCO2. The number of halogens is 3. The number of benzene rings is 2. The Morgan fingerprint density at radius 2 is 2.00 bits per heavy atom. The van der Waals surface area contributed by atoms with Crippen molar-refractivity contribution in [1.82, 2.24) is 4.90 Å². The second-order valence-corrected chi connectivity index (χ2v) is 6.88. The molecule has 0 radical (unpaired) electrons. The molecule has 0 aliphatic carbocycles. The summed E-state index contributed by atoms with van der Waals surface area (Å²) in [5.41, 5.74) is -0.604. The molecule has 7 nitrogen and oxygen atoms in total. The number of carbonyl (C=O) groups excluding carboxylic acids is 2. The summed E-state index contributed by atoms with van der Waals surface area (Å²) in [6, 6.07) is 6.71. The molecule has 158 valence electrons. The van der Waals surface area contributed by atoms with Crippen LogP contribution in [0.5, 0.6) is 23.0 Å². The second-order valence-electron chi connectivity index (χ2n) is 6.88. The van der Waals surface area contributed by atoms with Crippen molar-refractivity contribution in [1.29, 1.82) is 0 Å². The van der Waals surface area contributed by atoms with Crippen LogP contribution in [-0.4, -0.2) is 36.6 Å². The van der Waals surface area contributed by atoms with E-state index >= 15 is 0 Å². The molecule has 1 atom stereocenters. The van der Waals surface area contributed by atoms with E-state index in [1.807, 2.05) is 0 Å². The molecule has 4 rings (SSSR count). The first-order valence-electron chi connectivity index (χ1n) is 9.07. The molecule has 10 heteroatoms. The highest BCUT2D eigenvalue weighted by Crippen LogP contribution is 2.44. The van der Waals surface area contributed by atoms with Crippen LogP contribution in [0, 0.1) is 0 Å². The van der Waals surface area contributed by atoms with E-state index in [9.17, 15) is 22.8 Å². The zero-order chi connectivity index (χ0) is 21.5. The third-order valence-electron chi connectivity index (χ3n) is 4.90. The number of rotatable bonds is 4. The second kappa shape index (κ2) is 7.43. The van der Waals surface area contributed by atoms with E-state index in [1.165, 1.54) is 29.2 Å². The molecule has 2 amide bonds. The van der Waals surface area contributed by atoms with E-state index in [1.54, 1.807) is 7.05 Å². The van der Waals surface area contributed by atoms with Crippen LogP contribution in [0.25, 0.3) is 0 Å². The first-order valence-corrected chi connectivity index (χ1v) is 9.07. The van der Waals surface area contributed by atoms with Gasteiger partial charge in [0.1, 0.15) is 17.5 Å². The molecule has 1 fully saturated rings. The Labute approximate surface area is 169 Å². The number of ether oxygens (including phenoxy) is 3. The largest absolute Gasteiger partial charge is 0.457 e. The highest BCUT2D eigenvalue weighted by Gasteiger charge is 2.34. The Balaban J connectivity index is 1.59. The third-order valence-corrected chi connectivity index (χ3v) is 4.90. The highest BCUT2D eigenvalue weighted by atomic mass is 19.4. The van der Waals surface area contributed by atoms with Crippen LogP contribution < -0.4 is 19.5 Å². The van der Waals surface area contributed by atoms with Gasteiger partial charge >= 0.3 is 6.18 Å². The van der Waals surface area contributed by atoms with Crippen LogP contribution in [0.1, 0.15) is 18.4 Å². The number of hydrogen-bond acceptors (Lipinski definition) is 5. The number of likely N-dealkylation sites (tertiary alicyclic amines) is 1. The molecule has 0 bridgehead atoms. The van der Waals surface area contributed by atoms with Gasteiger partial charge < -0.3 is 24.4 Å². The number of amides is 2. The summed E-state index contributed by atoms with van der Waals surface area (Å²) in [6.45, 7) is -0.0764. The zero-order valence-corrected chi connectivity index (χ0v) is 15.8. The van der Waals surface area contributed by atoms with Gasteiger partial charge in [-0.3, -0.25) is 9.59 Å². The fourth-order valence-corrected chi connectivity index (χ4v) is 3.34. The average molecular weight is 422 g/mol. The molecule has 2 aromatic rings. The van der Waals surface area contributed by atoms with Gasteiger partial charge in [-0.2, -0.15) is 13.2 Å². The van der Waals surface area contributed by atoms with Crippen molar-refractivity contribution in [3.63, 3.8) is 0 Å². The topological polar surface area (TPSA) is 77.1 Å². The minimum absolute atomic E-state index is 0.0258. The highest BCUT2D eigenvalue weighted by molar-refractivity contribution is 6.00. The molecule has 30 heavy (non-hydrogen) atoms. The van der Waals surface area contributed by atoms with Gasteiger partial charge in [-0.1, -0.05) is 6.07 Å². The van der Waals surface area contributed by atoms with E-state index in [0.717, 1.165) is 12.1 Å². The number of nitrogens with zero attached hydrogens (tertiary/aromatic N) is 1. The van der Waals surface area contributed by atoms with Gasteiger partial charge in [-0.25, -0.2) is 0 Å². The number of alkyl halides is 3. The fourth-order valence-electron chi connectivity index (χ4n) is 3.34. The number of likely N-dealkylation sites (N-methyl/N-ethyl adjacent to an activating group) is 1. The van der Waals surface area contributed by atoms with E-state index in [4.69, 9.17) is 14.2 Å². The number of hydrogen-bond donors (Lipinski definition) is 1. The Hall–Kier alpha value is -3.43. The minimum atomic E-state index is -4.50. The van der Waals surface area contributed by atoms with Crippen LogP contribution in [0.2, 0.25) is 0 Å². The molecule has 2 aliphatic rings. The van der Waals surface area contributed by atoms with E-state index in [0.29, 0.717) is 6.42 Å². The maximum atomic E-state index is 12.9. The maximum absolute atomic E-state index is 12.9. The monoisotopic (exact) mass is 422 g/mol. The lowest BCUT2D eigenvalue weighted by Crippen LogP contribution is -2.38. The van der Waals surface area contributed by atoms with Crippen molar-refractivity contribution in [2.24, 2.45) is 0 Å². The Bertz CT molecular complexity index is 1010. The molecule has 0 spiro atoms. The molecule has 1 unspecified atom stereocenters. The lowest BCUT2D eigenvalue weighted by molar-refractivity contribution is -0.137. The summed E-state index contributed by atoms with van der Waals surface area (Å²) >= 11 is 0. The average Bonchev–Trinajstić information content (AvgIpc) is 3.28. The molecule has 1 saturated heterocycles. The number of anilines is 1. The maximum Gasteiger partial charge on any atom is 0.416 e. The van der Waals surface area contributed by atoms with E-state index in [-0.39, 0.29) is 47.8 Å². The van der Waals surface area contributed by atoms with Gasteiger partial charge in [-0.15, -0.1) is 0 Å². The van der Waals surface area contributed by atoms with Crippen molar-refractivity contribution in [3.05, 3.63) is 42.0 Å². The van der Waals surface area contributed by atoms with Crippen LogP contribution >= 0.6 is 0 Å². The quantitative estimate of drug-likeness (QED) is 0.812. The summed E-state index contributed by atoms with van der Waals surface area (Å²) in [7, 11) is 1.55. The fraction of sp³-hybridized carbons (Fsp3) is 0.300. The molecular formula is C20H17F3N2O5. The van der Waals surface area contributed by atoms with E-state index in [2.05, 4.69) is 5.32 Å². The number of fused-ring (bicyclic) bond motifs is 1. The van der Waals surface area contributed by atoms with Crippen molar-refractivity contribution >= 4 is 17.5 Å². The molecule has 2 aromatic carbocycles. The van der Waals surface area contributed by atoms with Crippen LogP contribution in [0.15, 0.2) is 36.4 Å². The Morgan fingerprint density at radius 3 is 2.70 bits per heavy atom. The number of nitrogens with one attached hydrogen (secondary N) is 1. The van der Waals surface area contributed by atoms with Gasteiger partial charge in [0.2, 0.25) is 18.6 Å². The summed E-state index contributed by atoms with van der Waals surface area (Å²) in [4.78, 5) is 25.7. The summed E-state index contributed by atoms with van der Waals surface area (Å²) < 4.78 is 55.1. The van der Waals surface area contributed by atoms with Gasteiger partial charge in [0, 0.05) is 25.6 Å². The third kappa shape index (κ3) is 3.85. The Kier molecular flexibility index (Phi) is 4.92. The predicted molar refractivity (Wildman–Crippen MR) is 98.5 cm³/mol. The molecule has 1 N–H and O–H groups in total. The van der Waals surface area contributed by atoms with Gasteiger partial charge in [0.15, 0.2) is 11.5 Å². The smallest absolute Gasteiger partial charge is 0.416 e. The van der Waals surface area contributed by atoms with Crippen molar-refractivity contribution in [3.8, 4) is 23.0 Å². The molecule has 0 saturated carbocycles. The van der Waals surface area contributed by atoms with Crippen molar-refractivity contribution in [2.75, 3.05) is 19.2 Å². The van der Waals surface area contributed by atoms with Crippen LogP contribution in [0.3, 0.4) is 0 Å². The van der Waals surface area contributed by atoms with Crippen molar-refractivity contribution in [2.45, 2.75) is 25.1 Å². The lowest BCUT2D eigenvalue weighted by atomic mass is 10.2. The first kappa shape index (κ1) is 19.9. The zero-order valence-electron chi connectivity index (χ0n) is 15.8. The molecule has 2 aliphatic heterocycles. The summed E-state index contributed by atoms with van der Waals surface area (Å²) in [5, 5.41) is 2.70. The molecule has 2 heterocycles. The molecular weight excluding hydrogens is 405 g/mol. The molecule has 0 aromatic heterocycles. The lowest BCUT2D eigenvalue weighted by Gasteiger charge is -2.20. The standard InChI is InChI=1S/C20H17F3N2O5/c1-25-15(5-6-17(25)26)19(27)24-14-8-13(9-16-18(14)29-10-28-16)30-12-4-2-3-11(7-12)20(21,22)23/h2-4,7-9,15H,5-6,10H2,1H3,(H,24,27). The number of carbonyl (C=O) groups is 2. The van der Waals surface area contributed by atoms with Gasteiger partial charge in [0.25, 0.3) is 0 Å². The Morgan fingerprint density at radius 1 is 1.20 bits per heavy atom. The minimum Gasteiger partial charge on any atom is -0.457 e.